The molecule has 0 amide bonds. The average molecular weight is 546 g/mol. The lowest BCUT2D eigenvalue weighted by molar-refractivity contribution is 0.358. The van der Waals surface area contributed by atoms with Crippen LogP contribution in [0, 0.1) is 17.1 Å². The molecule has 0 aliphatic carbocycles. The van der Waals surface area contributed by atoms with Crippen LogP contribution in [0.4, 0.5) is 4.39 Å². The summed E-state index contributed by atoms with van der Waals surface area (Å²) in [6, 6.07) is 19.9. The molecule has 9 heteroatoms. The molecular formula is C30H28FN3O4S. The minimum atomic E-state index is -4.50. The summed E-state index contributed by atoms with van der Waals surface area (Å²) in [5.74, 6) is -0.887. The van der Waals surface area contributed by atoms with Gasteiger partial charge in [-0.1, -0.05) is 62.7 Å². The number of benzene rings is 3. The lowest BCUT2D eigenvalue weighted by Gasteiger charge is -2.25. The molecule has 0 bridgehead atoms. The third-order valence-electron chi connectivity index (χ3n) is 6.61. The predicted octanol–water partition coefficient (Wildman–Crippen LogP) is 5.80. The van der Waals surface area contributed by atoms with Crippen LogP contribution >= 0.6 is 0 Å². The fraction of sp³-hybridized carbons (Fsp3) is 0.233. The van der Waals surface area contributed by atoms with Gasteiger partial charge in [-0.05, 0) is 54.3 Å². The van der Waals surface area contributed by atoms with Gasteiger partial charge in [-0.25, -0.2) is 12.8 Å². The second-order valence-corrected chi connectivity index (χ2v) is 11.0. The molecule has 0 saturated carbocycles. The summed E-state index contributed by atoms with van der Waals surface area (Å²) in [7, 11) is -4.50. The number of sulfone groups is 1. The number of hydrogen-bond donors (Lipinski definition) is 1. The summed E-state index contributed by atoms with van der Waals surface area (Å²) in [4.78, 5) is 16.2. The fourth-order valence-corrected chi connectivity index (χ4v) is 5.98. The quantitative estimate of drug-likeness (QED) is 0.284. The Hall–Kier alpha value is -4.29. The number of rotatable bonds is 9. The van der Waals surface area contributed by atoms with Gasteiger partial charge >= 0.3 is 0 Å². The molecule has 1 heterocycles. The van der Waals surface area contributed by atoms with Crippen molar-refractivity contribution >= 4 is 9.84 Å². The lowest BCUT2D eigenvalue weighted by atomic mass is 10.0. The van der Waals surface area contributed by atoms with E-state index < -0.39 is 38.0 Å². The van der Waals surface area contributed by atoms with E-state index in [9.17, 15) is 28.0 Å². The number of aromatic hydroxyl groups is 1. The van der Waals surface area contributed by atoms with Gasteiger partial charge in [0.2, 0.25) is 15.7 Å². The van der Waals surface area contributed by atoms with Crippen LogP contribution in [0.5, 0.6) is 5.88 Å². The highest BCUT2D eigenvalue weighted by molar-refractivity contribution is 7.91. The van der Waals surface area contributed by atoms with Crippen LogP contribution < -0.4 is 5.56 Å². The number of hydrogen-bond acceptors (Lipinski definition) is 6. The Morgan fingerprint density at radius 3 is 2.41 bits per heavy atom. The van der Waals surface area contributed by atoms with E-state index in [0.717, 1.165) is 6.42 Å². The van der Waals surface area contributed by atoms with E-state index in [1.165, 1.54) is 34.9 Å². The molecule has 1 N–H and O–H groups in total. The van der Waals surface area contributed by atoms with Crippen LogP contribution in [-0.4, -0.2) is 23.1 Å². The number of halogens is 1. The average Bonchev–Trinajstić information content (AvgIpc) is 2.94. The Labute approximate surface area is 226 Å². The van der Waals surface area contributed by atoms with E-state index in [-0.39, 0.29) is 10.7 Å². The Morgan fingerprint density at radius 2 is 1.77 bits per heavy atom. The third-order valence-corrected chi connectivity index (χ3v) is 8.39. The Morgan fingerprint density at radius 1 is 1.05 bits per heavy atom. The van der Waals surface area contributed by atoms with Gasteiger partial charge in [0.1, 0.15) is 11.6 Å². The van der Waals surface area contributed by atoms with Crippen LogP contribution in [0.15, 0.2) is 87.4 Å². The maximum Gasteiger partial charge on any atom is 0.296 e. The van der Waals surface area contributed by atoms with Crippen LogP contribution in [-0.2, 0) is 16.3 Å². The number of nitriles is 1. The molecule has 0 saturated heterocycles. The fourth-order valence-electron chi connectivity index (χ4n) is 4.63. The van der Waals surface area contributed by atoms with E-state index in [4.69, 9.17) is 0 Å². The first-order chi connectivity index (χ1) is 18.7. The predicted molar refractivity (Wildman–Crippen MR) is 146 cm³/mol. The van der Waals surface area contributed by atoms with E-state index in [1.807, 2.05) is 13.8 Å². The molecule has 1 aromatic heterocycles. The maximum atomic E-state index is 14.2. The molecule has 1 unspecified atom stereocenters. The second kappa shape index (κ2) is 11.6. The maximum absolute atomic E-state index is 14.2. The monoisotopic (exact) mass is 545 g/mol. The van der Waals surface area contributed by atoms with Gasteiger partial charge in [0.25, 0.3) is 5.56 Å². The molecule has 1 atom stereocenters. The summed E-state index contributed by atoms with van der Waals surface area (Å²) < 4.78 is 43.0. The highest BCUT2D eigenvalue weighted by Gasteiger charge is 2.32. The minimum Gasteiger partial charge on any atom is -0.493 e. The first kappa shape index (κ1) is 27.7. The van der Waals surface area contributed by atoms with Gasteiger partial charge in [-0.2, -0.15) is 10.2 Å². The van der Waals surface area contributed by atoms with Crippen LogP contribution in [0.25, 0.3) is 11.1 Å². The molecule has 0 fully saturated rings. The molecule has 0 radical (unpaired) electrons. The number of unbranched alkanes of at least 4 members (excludes halogenated alkanes) is 1. The minimum absolute atomic E-state index is 0.232. The first-order valence-corrected chi connectivity index (χ1v) is 14.2. The first-order valence-electron chi connectivity index (χ1n) is 12.7. The number of aromatic nitrogens is 2. The van der Waals surface area contributed by atoms with Gasteiger partial charge in [0.15, 0.2) is 4.90 Å². The molecule has 4 rings (SSSR count). The van der Waals surface area contributed by atoms with Crippen molar-refractivity contribution in [2.24, 2.45) is 0 Å². The lowest BCUT2D eigenvalue weighted by Crippen LogP contribution is -2.27. The zero-order valence-electron chi connectivity index (χ0n) is 21.6. The van der Waals surface area contributed by atoms with E-state index in [1.54, 1.807) is 42.5 Å². The van der Waals surface area contributed by atoms with Crippen LogP contribution in [0.1, 0.15) is 56.1 Å². The van der Waals surface area contributed by atoms with Gasteiger partial charge in [-0.15, -0.1) is 0 Å². The molecule has 39 heavy (non-hydrogen) atoms. The molecule has 0 aliphatic heterocycles. The van der Waals surface area contributed by atoms with E-state index >= 15 is 0 Å². The van der Waals surface area contributed by atoms with Crippen molar-refractivity contribution in [3.8, 4) is 23.1 Å². The highest BCUT2D eigenvalue weighted by Crippen LogP contribution is 2.34. The molecule has 200 valence electrons. The summed E-state index contributed by atoms with van der Waals surface area (Å²) in [6.45, 7) is 3.83. The van der Waals surface area contributed by atoms with Crippen molar-refractivity contribution in [2.75, 3.05) is 0 Å². The van der Waals surface area contributed by atoms with Crippen molar-refractivity contribution < 1.29 is 17.9 Å². The molecule has 3 aromatic carbocycles. The zero-order chi connectivity index (χ0) is 28.2. The van der Waals surface area contributed by atoms with Gasteiger partial charge < -0.3 is 5.11 Å². The third kappa shape index (κ3) is 5.47. The Kier molecular flexibility index (Phi) is 8.27. The smallest absolute Gasteiger partial charge is 0.296 e. The molecule has 0 aliphatic rings. The summed E-state index contributed by atoms with van der Waals surface area (Å²) in [6.07, 6.45) is 2.25. The van der Waals surface area contributed by atoms with Gasteiger partial charge in [0, 0.05) is 12.0 Å². The van der Waals surface area contributed by atoms with Crippen molar-refractivity contribution in [1.29, 1.82) is 5.26 Å². The SMILES string of the molecule is CCCCc1nc(=O)c(S(=O)(=O)c2ccc(-c3ccccc3F)cc2)c(O)n1C(CC)c1cccc(C#N)c1. The van der Waals surface area contributed by atoms with Crippen molar-refractivity contribution in [1.82, 2.24) is 9.55 Å². The molecule has 7 nitrogen and oxygen atoms in total. The van der Waals surface area contributed by atoms with E-state index in [0.29, 0.717) is 41.5 Å². The van der Waals surface area contributed by atoms with Crippen LogP contribution in [0.2, 0.25) is 0 Å². The Balaban J connectivity index is 1.88. The normalized spacial score (nSPS) is 12.2. The van der Waals surface area contributed by atoms with Gasteiger partial charge in [-0.3, -0.25) is 9.36 Å². The van der Waals surface area contributed by atoms with E-state index in [2.05, 4.69) is 11.1 Å². The molecular weight excluding hydrogens is 517 g/mol. The number of nitrogens with zero attached hydrogens (tertiary/aromatic N) is 3. The Bertz CT molecular complexity index is 1710. The topological polar surface area (TPSA) is 113 Å². The summed E-state index contributed by atoms with van der Waals surface area (Å²) in [5.41, 5.74) is 0.808. The largest absolute Gasteiger partial charge is 0.493 e. The standard InChI is InChI=1S/C30H28FN3O4S/c1-3-5-13-27-33-29(35)28(30(36)34(27)26(4-2)22-10-8-9-20(18-22)19-32)39(37,38)23-16-14-21(15-17-23)24-11-6-7-12-25(24)31/h6-12,14-18,26,36H,3-5,13H2,1-2H3. The van der Waals surface area contributed by atoms with Crippen molar-refractivity contribution in [3.63, 3.8) is 0 Å². The molecule has 0 spiro atoms. The van der Waals surface area contributed by atoms with Crippen LogP contribution in [0.3, 0.4) is 0 Å². The number of aryl methyl sites for hydroxylation is 1. The van der Waals surface area contributed by atoms with Crippen molar-refractivity contribution in [3.05, 3.63) is 106 Å². The summed E-state index contributed by atoms with van der Waals surface area (Å²) >= 11 is 0. The summed E-state index contributed by atoms with van der Waals surface area (Å²) in [5, 5.41) is 20.8. The second-order valence-electron chi connectivity index (χ2n) is 9.13. The molecule has 4 aromatic rings. The van der Waals surface area contributed by atoms with Gasteiger partial charge in [0.05, 0.1) is 22.6 Å². The zero-order valence-corrected chi connectivity index (χ0v) is 22.5. The highest BCUT2D eigenvalue weighted by atomic mass is 32.2. The van der Waals surface area contributed by atoms with Crippen molar-refractivity contribution in [2.45, 2.75) is 55.4 Å².